The van der Waals surface area contributed by atoms with Crippen LogP contribution in [0.4, 0.5) is 0 Å². The molecule has 0 bridgehead atoms. The van der Waals surface area contributed by atoms with Crippen LogP contribution in [0, 0.1) is 12.8 Å². The van der Waals surface area contributed by atoms with Gasteiger partial charge in [0.15, 0.2) is 0 Å². The second kappa shape index (κ2) is 5.31. The van der Waals surface area contributed by atoms with Gasteiger partial charge in [-0.1, -0.05) is 19.8 Å². The molecular weight excluding hydrogens is 256 g/mol. The zero-order valence-corrected chi connectivity index (χ0v) is 12.3. The number of carbonyl (C=O) groups excluding carboxylic acids is 1. The number of carboxylic acids is 1. The SMILES string of the molecule is Cc1ccc(C(=O)NC2(C(=O)O)CCCC(C)C2)n1C. The first-order valence-corrected chi connectivity index (χ1v) is 7.04. The summed E-state index contributed by atoms with van der Waals surface area (Å²) in [5.74, 6) is -0.921. The Bertz CT molecular complexity index is 535. The van der Waals surface area contributed by atoms with Crippen LogP contribution in [0.1, 0.15) is 48.8 Å². The monoisotopic (exact) mass is 278 g/mol. The third-order valence-corrected chi connectivity index (χ3v) is 4.37. The number of nitrogens with one attached hydrogen (secondary N) is 1. The summed E-state index contributed by atoms with van der Waals surface area (Å²) in [5, 5.41) is 12.3. The smallest absolute Gasteiger partial charge is 0.329 e. The molecule has 5 heteroatoms. The molecule has 1 aliphatic carbocycles. The van der Waals surface area contributed by atoms with Gasteiger partial charge in [-0.2, -0.15) is 0 Å². The molecule has 0 saturated heterocycles. The van der Waals surface area contributed by atoms with Gasteiger partial charge in [-0.3, -0.25) is 4.79 Å². The van der Waals surface area contributed by atoms with E-state index in [9.17, 15) is 14.7 Å². The molecule has 1 aromatic rings. The van der Waals surface area contributed by atoms with Gasteiger partial charge in [0.05, 0.1) is 0 Å². The standard InChI is InChI=1S/C15H22N2O3/c1-10-5-4-8-15(9-10,14(19)20)16-13(18)12-7-6-11(2)17(12)3/h6-7,10H,4-5,8-9H2,1-3H3,(H,16,18)(H,19,20). The Labute approximate surface area is 119 Å². The molecule has 1 amide bonds. The minimum Gasteiger partial charge on any atom is -0.480 e. The highest BCUT2D eigenvalue weighted by atomic mass is 16.4. The number of aryl methyl sites for hydroxylation is 1. The molecule has 1 heterocycles. The van der Waals surface area contributed by atoms with Crippen molar-refractivity contribution in [1.29, 1.82) is 0 Å². The molecular formula is C15H22N2O3. The van der Waals surface area contributed by atoms with Gasteiger partial charge in [0.25, 0.3) is 5.91 Å². The Hall–Kier alpha value is -1.78. The van der Waals surface area contributed by atoms with Crippen molar-refractivity contribution in [2.45, 2.75) is 45.1 Å². The quantitative estimate of drug-likeness (QED) is 0.889. The zero-order valence-electron chi connectivity index (χ0n) is 12.3. The third-order valence-electron chi connectivity index (χ3n) is 4.37. The molecule has 2 atom stereocenters. The largest absolute Gasteiger partial charge is 0.480 e. The van der Waals surface area contributed by atoms with Crippen molar-refractivity contribution in [2.24, 2.45) is 13.0 Å². The molecule has 1 aromatic heterocycles. The highest BCUT2D eigenvalue weighted by molar-refractivity contribution is 5.97. The molecule has 0 aromatic carbocycles. The lowest BCUT2D eigenvalue weighted by Gasteiger charge is -2.37. The zero-order chi connectivity index (χ0) is 14.9. The van der Waals surface area contributed by atoms with E-state index in [-0.39, 0.29) is 5.91 Å². The fourth-order valence-electron chi connectivity index (χ4n) is 3.04. The summed E-state index contributed by atoms with van der Waals surface area (Å²) < 4.78 is 1.77. The summed E-state index contributed by atoms with van der Waals surface area (Å²) in [5.41, 5.74) is 0.352. The number of aromatic nitrogens is 1. The first-order chi connectivity index (χ1) is 9.35. The van der Waals surface area contributed by atoms with E-state index < -0.39 is 11.5 Å². The van der Waals surface area contributed by atoms with Crippen LogP contribution in [0.5, 0.6) is 0 Å². The fraction of sp³-hybridized carbons (Fsp3) is 0.600. The number of rotatable bonds is 3. The molecule has 0 aliphatic heterocycles. The van der Waals surface area contributed by atoms with Crippen LogP contribution in [0.15, 0.2) is 12.1 Å². The molecule has 0 spiro atoms. The molecule has 110 valence electrons. The van der Waals surface area contributed by atoms with Crippen LogP contribution >= 0.6 is 0 Å². The van der Waals surface area contributed by atoms with Gasteiger partial charge in [-0.05, 0) is 37.8 Å². The summed E-state index contributed by atoms with van der Waals surface area (Å²) in [6.07, 6.45) is 2.85. The first-order valence-electron chi connectivity index (χ1n) is 7.04. The number of amides is 1. The van der Waals surface area contributed by atoms with E-state index in [1.54, 1.807) is 17.7 Å². The Morgan fingerprint density at radius 1 is 1.45 bits per heavy atom. The summed E-state index contributed by atoms with van der Waals surface area (Å²) in [7, 11) is 1.81. The van der Waals surface area contributed by atoms with Crippen molar-refractivity contribution >= 4 is 11.9 Å². The van der Waals surface area contributed by atoms with Gasteiger partial charge in [0.1, 0.15) is 11.2 Å². The topological polar surface area (TPSA) is 71.3 Å². The van der Waals surface area contributed by atoms with E-state index >= 15 is 0 Å². The van der Waals surface area contributed by atoms with Crippen LogP contribution < -0.4 is 5.32 Å². The third kappa shape index (κ3) is 2.57. The lowest BCUT2D eigenvalue weighted by molar-refractivity contribution is -0.146. The Morgan fingerprint density at radius 3 is 2.65 bits per heavy atom. The molecule has 2 N–H and O–H groups in total. The van der Waals surface area contributed by atoms with E-state index in [0.717, 1.165) is 18.5 Å². The van der Waals surface area contributed by atoms with Gasteiger partial charge in [0.2, 0.25) is 0 Å². The number of aliphatic carboxylic acids is 1. The second-order valence-electron chi connectivity index (χ2n) is 5.96. The van der Waals surface area contributed by atoms with Gasteiger partial charge in [-0.15, -0.1) is 0 Å². The van der Waals surface area contributed by atoms with Crippen LogP contribution in [-0.2, 0) is 11.8 Å². The average molecular weight is 278 g/mol. The maximum absolute atomic E-state index is 12.4. The Kier molecular flexibility index (Phi) is 3.88. The number of carboxylic acid groups (broad SMARTS) is 1. The second-order valence-corrected chi connectivity index (χ2v) is 5.96. The van der Waals surface area contributed by atoms with Crippen LogP contribution in [0.3, 0.4) is 0 Å². The summed E-state index contributed by atoms with van der Waals surface area (Å²) in [6, 6.07) is 3.58. The van der Waals surface area contributed by atoms with Crippen molar-refractivity contribution in [3.8, 4) is 0 Å². The van der Waals surface area contributed by atoms with Crippen molar-refractivity contribution in [3.63, 3.8) is 0 Å². The van der Waals surface area contributed by atoms with Crippen molar-refractivity contribution in [2.75, 3.05) is 0 Å². The number of nitrogens with zero attached hydrogens (tertiary/aromatic N) is 1. The molecule has 1 fully saturated rings. The summed E-state index contributed by atoms with van der Waals surface area (Å²) >= 11 is 0. The highest BCUT2D eigenvalue weighted by Gasteiger charge is 2.43. The number of hydrogen-bond donors (Lipinski definition) is 2. The van der Waals surface area contributed by atoms with E-state index in [0.29, 0.717) is 24.5 Å². The number of carbonyl (C=O) groups is 2. The predicted molar refractivity (Wildman–Crippen MR) is 75.6 cm³/mol. The summed E-state index contributed by atoms with van der Waals surface area (Å²) in [4.78, 5) is 24.0. The lowest BCUT2D eigenvalue weighted by atomic mass is 9.76. The predicted octanol–water partition coefficient (Wildman–Crippen LogP) is 2.10. The van der Waals surface area contributed by atoms with E-state index in [2.05, 4.69) is 5.32 Å². The highest BCUT2D eigenvalue weighted by Crippen LogP contribution is 2.32. The maximum atomic E-state index is 12.4. The van der Waals surface area contributed by atoms with Gasteiger partial charge in [-0.25, -0.2) is 4.79 Å². The fourth-order valence-corrected chi connectivity index (χ4v) is 3.04. The minimum absolute atomic E-state index is 0.308. The van der Waals surface area contributed by atoms with Crippen molar-refractivity contribution in [1.82, 2.24) is 9.88 Å². The molecule has 1 saturated carbocycles. The van der Waals surface area contributed by atoms with Gasteiger partial charge >= 0.3 is 5.97 Å². The molecule has 2 unspecified atom stereocenters. The average Bonchev–Trinajstić information content (AvgIpc) is 2.70. The van der Waals surface area contributed by atoms with Crippen LogP contribution in [0.2, 0.25) is 0 Å². The maximum Gasteiger partial charge on any atom is 0.329 e. The first kappa shape index (κ1) is 14.6. The molecule has 0 radical (unpaired) electrons. The van der Waals surface area contributed by atoms with Crippen LogP contribution in [0.25, 0.3) is 0 Å². The normalized spacial score (nSPS) is 26.2. The molecule has 20 heavy (non-hydrogen) atoms. The minimum atomic E-state index is -1.12. The van der Waals surface area contributed by atoms with Gasteiger partial charge in [0, 0.05) is 12.7 Å². The van der Waals surface area contributed by atoms with E-state index in [1.807, 2.05) is 19.9 Å². The lowest BCUT2D eigenvalue weighted by Crippen LogP contribution is -2.57. The van der Waals surface area contributed by atoms with E-state index in [1.165, 1.54) is 0 Å². The molecule has 2 rings (SSSR count). The Morgan fingerprint density at radius 2 is 2.15 bits per heavy atom. The number of hydrogen-bond acceptors (Lipinski definition) is 2. The molecule has 1 aliphatic rings. The van der Waals surface area contributed by atoms with Crippen LogP contribution in [-0.4, -0.2) is 27.1 Å². The van der Waals surface area contributed by atoms with Crippen molar-refractivity contribution in [3.05, 3.63) is 23.5 Å². The summed E-state index contributed by atoms with van der Waals surface area (Å²) in [6.45, 7) is 3.95. The Balaban J connectivity index is 2.23. The van der Waals surface area contributed by atoms with Crippen molar-refractivity contribution < 1.29 is 14.7 Å². The molecule has 5 nitrogen and oxygen atoms in total. The van der Waals surface area contributed by atoms with E-state index in [4.69, 9.17) is 0 Å². The van der Waals surface area contributed by atoms with Gasteiger partial charge < -0.3 is 15.0 Å².